The van der Waals surface area contributed by atoms with Crippen LogP contribution in [0.15, 0.2) is 24.4 Å². The molecule has 0 aliphatic carbocycles. The number of rotatable bonds is 3. The summed E-state index contributed by atoms with van der Waals surface area (Å²) in [4.78, 5) is 4.08. The molecule has 1 aromatic rings. The van der Waals surface area contributed by atoms with Crippen LogP contribution in [0, 0.1) is 5.41 Å². The molecule has 0 aliphatic rings. The first-order valence-electron chi connectivity index (χ1n) is 3.40. The Kier molecular flexibility index (Phi) is 3.37. The zero-order chi connectivity index (χ0) is 8.97. The Balaban J connectivity index is 2.95. The molecule has 1 rings (SSSR count). The van der Waals surface area contributed by atoms with Gasteiger partial charge < -0.3 is 5.41 Å². The SMILES string of the molecule is N=CC(C(=S)S)c1ccccn1. The van der Waals surface area contributed by atoms with Gasteiger partial charge in [-0.15, -0.1) is 12.6 Å². The average molecular weight is 196 g/mol. The molecule has 0 bridgehead atoms. The van der Waals surface area contributed by atoms with Crippen molar-refractivity contribution in [3.05, 3.63) is 30.1 Å². The second-order valence-electron chi connectivity index (χ2n) is 2.24. The van der Waals surface area contributed by atoms with Gasteiger partial charge in [0, 0.05) is 12.4 Å². The monoisotopic (exact) mass is 196 g/mol. The van der Waals surface area contributed by atoms with Crippen molar-refractivity contribution < 1.29 is 0 Å². The van der Waals surface area contributed by atoms with Crippen molar-refractivity contribution >= 4 is 35.3 Å². The van der Waals surface area contributed by atoms with Crippen molar-refractivity contribution in [3.8, 4) is 0 Å². The van der Waals surface area contributed by atoms with E-state index in [1.54, 1.807) is 6.20 Å². The fourth-order valence-electron chi connectivity index (χ4n) is 0.843. The molecule has 0 fully saturated rings. The van der Waals surface area contributed by atoms with E-state index in [2.05, 4.69) is 17.6 Å². The van der Waals surface area contributed by atoms with E-state index in [0.29, 0.717) is 4.20 Å². The first-order chi connectivity index (χ1) is 5.75. The molecule has 0 saturated carbocycles. The summed E-state index contributed by atoms with van der Waals surface area (Å²) in [6.45, 7) is 0. The van der Waals surface area contributed by atoms with Crippen LogP contribution < -0.4 is 0 Å². The standard InChI is InChI=1S/C8H8N2S2/c9-5-6(8(11)12)7-3-1-2-4-10-7/h1-6,9H,(H,11,12). The van der Waals surface area contributed by atoms with Gasteiger partial charge >= 0.3 is 0 Å². The number of aromatic nitrogens is 1. The average Bonchev–Trinajstić information content (AvgIpc) is 2.07. The van der Waals surface area contributed by atoms with Gasteiger partial charge in [-0.2, -0.15) is 0 Å². The molecule has 2 nitrogen and oxygen atoms in total. The lowest BCUT2D eigenvalue weighted by atomic mass is 10.1. The van der Waals surface area contributed by atoms with Crippen molar-refractivity contribution in [2.45, 2.75) is 5.92 Å². The van der Waals surface area contributed by atoms with E-state index in [0.717, 1.165) is 5.69 Å². The van der Waals surface area contributed by atoms with Gasteiger partial charge in [0.1, 0.15) is 0 Å². The maximum atomic E-state index is 7.13. The largest absolute Gasteiger partial charge is 0.312 e. The van der Waals surface area contributed by atoms with E-state index in [1.165, 1.54) is 6.21 Å². The van der Waals surface area contributed by atoms with Gasteiger partial charge in [-0.25, -0.2) is 0 Å². The van der Waals surface area contributed by atoms with E-state index < -0.39 is 0 Å². The smallest absolute Gasteiger partial charge is 0.0769 e. The summed E-state index contributed by atoms with van der Waals surface area (Å²) in [5.41, 5.74) is 0.771. The molecule has 62 valence electrons. The molecule has 1 unspecified atom stereocenters. The van der Waals surface area contributed by atoms with Crippen molar-refractivity contribution in [2.24, 2.45) is 0 Å². The molecule has 1 heterocycles. The minimum atomic E-state index is -0.246. The van der Waals surface area contributed by atoms with E-state index in [9.17, 15) is 0 Å². The highest BCUT2D eigenvalue weighted by molar-refractivity contribution is 8.11. The minimum absolute atomic E-state index is 0.246. The second-order valence-corrected chi connectivity index (χ2v) is 3.46. The normalized spacial score (nSPS) is 12.1. The van der Waals surface area contributed by atoms with Gasteiger partial charge in [0.05, 0.1) is 15.8 Å². The van der Waals surface area contributed by atoms with Gasteiger partial charge in [0.15, 0.2) is 0 Å². The summed E-state index contributed by atoms with van der Waals surface area (Å²) in [6, 6.07) is 5.52. The fourth-order valence-corrected chi connectivity index (χ4v) is 1.24. The zero-order valence-electron chi connectivity index (χ0n) is 6.27. The third-order valence-corrected chi connectivity index (χ3v) is 1.97. The maximum absolute atomic E-state index is 7.13. The van der Waals surface area contributed by atoms with Gasteiger partial charge in [-0.05, 0) is 12.1 Å². The molecule has 0 aromatic carbocycles. The molecule has 1 aromatic heterocycles. The van der Waals surface area contributed by atoms with Crippen molar-refractivity contribution in [2.75, 3.05) is 0 Å². The molecular weight excluding hydrogens is 188 g/mol. The first kappa shape index (κ1) is 9.35. The summed E-state index contributed by atoms with van der Waals surface area (Å²) in [5.74, 6) is -0.246. The quantitative estimate of drug-likeness (QED) is 0.441. The second kappa shape index (κ2) is 4.33. The minimum Gasteiger partial charge on any atom is -0.312 e. The van der Waals surface area contributed by atoms with Crippen molar-refractivity contribution in [1.29, 1.82) is 5.41 Å². The summed E-state index contributed by atoms with van der Waals surface area (Å²) in [5, 5.41) is 7.13. The zero-order valence-corrected chi connectivity index (χ0v) is 7.98. The van der Waals surface area contributed by atoms with Crippen LogP contribution in [-0.2, 0) is 0 Å². The molecule has 0 aliphatic heterocycles. The number of nitrogens with one attached hydrogen (secondary N) is 1. The number of pyridine rings is 1. The van der Waals surface area contributed by atoms with E-state index in [1.807, 2.05) is 18.2 Å². The molecule has 0 saturated heterocycles. The van der Waals surface area contributed by atoms with Crippen LogP contribution in [0.3, 0.4) is 0 Å². The van der Waals surface area contributed by atoms with Crippen LogP contribution >= 0.6 is 24.8 Å². The van der Waals surface area contributed by atoms with Crippen LogP contribution in [-0.4, -0.2) is 15.4 Å². The highest BCUT2D eigenvalue weighted by Crippen LogP contribution is 2.14. The predicted octanol–water partition coefficient (Wildman–Crippen LogP) is 2.07. The number of thiol groups is 1. The molecule has 1 N–H and O–H groups in total. The number of hydrogen-bond donors (Lipinski definition) is 2. The highest BCUT2D eigenvalue weighted by Gasteiger charge is 2.11. The number of nitrogens with zero attached hydrogens (tertiary/aromatic N) is 1. The third-order valence-electron chi connectivity index (χ3n) is 1.44. The van der Waals surface area contributed by atoms with Gasteiger partial charge in [-0.1, -0.05) is 18.3 Å². The molecule has 0 spiro atoms. The predicted molar refractivity (Wildman–Crippen MR) is 57.3 cm³/mol. The Hall–Kier alpha value is -0.740. The third kappa shape index (κ3) is 2.12. The van der Waals surface area contributed by atoms with Crippen molar-refractivity contribution in [1.82, 2.24) is 4.98 Å². The summed E-state index contributed by atoms with van der Waals surface area (Å²) < 4.78 is 0.476. The van der Waals surface area contributed by atoms with Gasteiger partial charge in [0.2, 0.25) is 0 Å². The summed E-state index contributed by atoms with van der Waals surface area (Å²) in [6.07, 6.45) is 2.93. The lowest BCUT2D eigenvalue weighted by molar-refractivity contribution is 1.10. The summed E-state index contributed by atoms with van der Waals surface area (Å²) in [7, 11) is 0. The topological polar surface area (TPSA) is 36.7 Å². The highest BCUT2D eigenvalue weighted by atomic mass is 32.1. The molecule has 1 atom stereocenters. The Labute approximate surface area is 81.9 Å². The van der Waals surface area contributed by atoms with E-state index >= 15 is 0 Å². The van der Waals surface area contributed by atoms with E-state index in [-0.39, 0.29) is 5.92 Å². The lowest BCUT2D eigenvalue weighted by Crippen LogP contribution is -2.07. The van der Waals surface area contributed by atoms with Crippen LogP contribution in [0.4, 0.5) is 0 Å². The summed E-state index contributed by atoms with van der Waals surface area (Å²) >= 11 is 8.90. The fraction of sp³-hybridized carbons (Fsp3) is 0.125. The van der Waals surface area contributed by atoms with Crippen LogP contribution in [0.25, 0.3) is 0 Å². The molecule has 4 heteroatoms. The molecule has 0 radical (unpaired) electrons. The van der Waals surface area contributed by atoms with Crippen molar-refractivity contribution in [3.63, 3.8) is 0 Å². The molecular formula is C8H8N2S2. The molecule has 12 heavy (non-hydrogen) atoms. The van der Waals surface area contributed by atoms with E-state index in [4.69, 9.17) is 17.6 Å². The Bertz CT molecular complexity index is 284. The number of thiocarbonyl (C=S) groups is 1. The Morgan fingerprint density at radius 3 is 2.83 bits per heavy atom. The lowest BCUT2D eigenvalue weighted by Gasteiger charge is -2.06. The van der Waals surface area contributed by atoms with Crippen LogP contribution in [0.2, 0.25) is 0 Å². The molecule has 0 amide bonds. The van der Waals surface area contributed by atoms with Crippen LogP contribution in [0.1, 0.15) is 11.6 Å². The van der Waals surface area contributed by atoms with Gasteiger partial charge in [-0.3, -0.25) is 4.98 Å². The maximum Gasteiger partial charge on any atom is 0.0769 e. The van der Waals surface area contributed by atoms with Crippen LogP contribution in [0.5, 0.6) is 0 Å². The van der Waals surface area contributed by atoms with Gasteiger partial charge in [0.25, 0.3) is 0 Å². The Morgan fingerprint density at radius 2 is 2.42 bits per heavy atom. The Morgan fingerprint density at radius 1 is 1.67 bits per heavy atom. The number of hydrogen-bond acceptors (Lipinski definition) is 3. The first-order valence-corrected chi connectivity index (χ1v) is 4.25.